The summed E-state index contributed by atoms with van der Waals surface area (Å²) in [6, 6.07) is 0. The largest absolute Gasteiger partial charge is 0.673 e. The normalized spacial score (nSPS) is 20.6. The van der Waals surface area contributed by atoms with Gasteiger partial charge in [-0.05, 0) is 38.5 Å². The van der Waals surface area contributed by atoms with Crippen LogP contribution >= 0.6 is 0 Å². The Kier molecular flexibility index (Phi) is 6.44. The molecule has 2 saturated carbocycles. The minimum absolute atomic E-state index is 0. The molecule has 0 saturated heterocycles. The Morgan fingerprint density at radius 1 is 0.600 bits per heavy atom. The van der Waals surface area contributed by atoms with Crippen LogP contribution in [-0.4, -0.2) is 7.25 Å². The van der Waals surface area contributed by atoms with Crippen molar-refractivity contribution in [2.75, 3.05) is 0 Å². The van der Waals surface area contributed by atoms with Crippen LogP contribution in [0.5, 0.6) is 0 Å². The maximum absolute atomic E-state index is 9.75. The van der Waals surface area contributed by atoms with Crippen LogP contribution in [0.4, 0.5) is 17.3 Å². The minimum atomic E-state index is -6.00. The molecular weight excluding hydrogens is 358 g/mol. The average molecular weight is 374 g/mol. The first-order chi connectivity index (χ1) is 8.90. The Balaban J connectivity index is 0.000000150. The maximum atomic E-state index is 9.75. The molecule has 2 fully saturated rings. The molecule has 0 aromatic carbocycles. The molecule has 4 bridgehead atoms. The van der Waals surface area contributed by atoms with Crippen molar-refractivity contribution in [3.63, 3.8) is 0 Å². The zero-order chi connectivity index (χ0) is 13.9. The zero-order valence-electron chi connectivity index (χ0n) is 11.0. The summed E-state index contributed by atoms with van der Waals surface area (Å²) in [5.41, 5.74) is 6.59. The van der Waals surface area contributed by atoms with Gasteiger partial charge < -0.3 is 17.3 Å². The van der Waals surface area contributed by atoms with E-state index in [2.05, 4.69) is 24.3 Å². The first-order valence-corrected chi connectivity index (χ1v) is 6.52. The van der Waals surface area contributed by atoms with Crippen LogP contribution < -0.4 is 0 Å². The molecule has 0 unspecified atom stereocenters. The Bertz CT molecular complexity index is 392. The van der Waals surface area contributed by atoms with Gasteiger partial charge in [0.1, 0.15) is 0 Å². The molecule has 6 heteroatoms. The first-order valence-electron chi connectivity index (χ1n) is 6.52. The molecule has 4 aliphatic carbocycles. The van der Waals surface area contributed by atoms with Gasteiger partial charge in [-0.1, -0.05) is 46.6 Å². The molecule has 0 amide bonds. The first kappa shape index (κ1) is 17.4. The van der Waals surface area contributed by atoms with Crippen LogP contribution in [0, 0.1) is 0 Å². The van der Waals surface area contributed by atoms with Gasteiger partial charge in [0.2, 0.25) is 0 Å². The van der Waals surface area contributed by atoms with Gasteiger partial charge in [0.25, 0.3) is 0 Å². The second-order valence-corrected chi connectivity index (χ2v) is 5.15. The average Bonchev–Trinajstić information content (AvgIpc) is 3.10. The summed E-state index contributed by atoms with van der Waals surface area (Å²) in [5, 5.41) is 0. The quantitative estimate of drug-likeness (QED) is 0.395. The number of allylic oxidation sites excluding steroid dienone is 8. The van der Waals surface area contributed by atoms with E-state index in [0.717, 1.165) is 0 Å². The van der Waals surface area contributed by atoms with Gasteiger partial charge in [-0.3, -0.25) is 0 Å². The van der Waals surface area contributed by atoms with Crippen molar-refractivity contribution in [3.05, 3.63) is 46.6 Å². The Morgan fingerprint density at radius 2 is 0.800 bits per heavy atom. The van der Waals surface area contributed by atoms with E-state index in [1.807, 2.05) is 0 Å². The third-order valence-corrected chi connectivity index (χ3v) is 3.55. The van der Waals surface area contributed by atoms with Gasteiger partial charge in [-0.15, -0.1) is 0 Å². The summed E-state index contributed by atoms with van der Waals surface area (Å²) in [4.78, 5) is 0. The fraction of sp³-hybridized carbons (Fsp3) is 0.429. The second-order valence-electron chi connectivity index (χ2n) is 5.15. The van der Waals surface area contributed by atoms with E-state index in [4.69, 9.17) is 0 Å². The number of halogens is 4. The molecule has 0 aromatic heterocycles. The molecule has 4 rings (SSSR count). The van der Waals surface area contributed by atoms with Crippen molar-refractivity contribution in [2.45, 2.75) is 38.5 Å². The number of fused-ring (bicyclic) bond motifs is 4. The third-order valence-electron chi connectivity index (χ3n) is 3.55. The monoisotopic (exact) mass is 374 g/mol. The zero-order valence-corrected chi connectivity index (χ0v) is 12.6. The molecule has 0 N–H and O–H groups in total. The number of rotatable bonds is 0. The molecule has 0 heterocycles. The molecule has 0 spiro atoms. The van der Waals surface area contributed by atoms with Gasteiger partial charge in [-0.25, -0.2) is 0 Å². The van der Waals surface area contributed by atoms with E-state index in [1.165, 1.54) is 38.5 Å². The van der Waals surface area contributed by atoms with Crippen molar-refractivity contribution in [2.24, 2.45) is 0 Å². The van der Waals surface area contributed by atoms with Crippen LogP contribution in [0.15, 0.2) is 46.6 Å². The van der Waals surface area contributed by atoms with Crippen molar-refractivity contribution >= 4 is 7.25 Å². The van der Waals surface area contributed by atoms with Gasteiger partial charge >= 0.3 is 7.25 Å². The van der Waals surface area contributed by atoms with Crippen molar-refractivity contribution in [1.82, 2.24) is 0 Å². The molecule has 20 heavy (non-hydrogen) atoms. The van der Waals surface area contributed by atoms with Crippen molar-refractivity contribution < 1.29 is 36.7 Å². The SMILES string of the molecule is C1=C2CCC(=C1)C2.C1=C2CCC(=C1)C2.F[B-](F)(F)F.[Rh]. The summed E-state index contributed by atoms with van der Waals surface area (Å²) in [6.07, 6.45) is 17.1. The predicted octanol–water partition coefficient (Wildman–Crippen LogP) is 5.37. The Hall–Kier alpha value is -0.632. The number of hydrogen-bond acceptors (Lipinski definition) is 0. The van der Waals surface area contributed by atoms with Gasteiger partial charge in [0, 0.05) is 19.5 Å². The Labute approximate surface area is 129 Å². The number of hydrogen-bond donors (Lipinski definition) is 0. The van der Waals surface area contributed by atoms with Crippen LogP contribution in [0.3, 0.4) is 0 Å². The molecule has 113 valence electrons. The summed E-state index contributed by atoms with van der Waals surface area (Å²) in [6.45, 7) is 0. The van der Waals surface area contributed by atoms with E-state index >= 15 is 0 Å². The van der Waals surface area contributed by atoms with Crippen LogP contribution in [0.1, 0.15) is 38.5 Å². The van der Waals surface area contributed by atoms with E-state index < -0.39 is 7.25 Å². The standard InChI is InChI=1S/2C7H8.BF4.Rh/c2*1-2-7-4-3-6(1)5-7;2-1(3,4)5;/h2*1-2H,3-5H2;;/q;;-1;. The van der Waals surface area contributed by atoms with Gasteiger partial charge in [0.05, 0.1) is 0 Å². The molecule has 4 aliphatic rings. The summed E-state index contributed by atoms with van der Waals surface area (Å²) in [5.74, 6) is 0. The molecule has 0 aromatic rings. The topological polar surface area (TPSA) is 0 Å². The second kappa shape index (κ2) is 7.40. The van der Waals surface area contributed by atoms with Crippen LogP contribution in [0.2, 0.25) is 0 Å². The van der Waals surface area contributed by atoms with Crippen molar-refractivity contribution in [1.29, 1.82) is 0 Å². The van der Waals surface area contributed by atoms with E-state index in [0.29, 0.717) is 0 Å². The molecule has 0 atom stereocenters. The summed E-state index contributed by atoms with van der Waals surface area (Å²) < 4.78 is 39.0. The summed E-state index contributed by atoms with van der Waals surface area (Å²) >= 11 is 0. The molecular formula is C14H16BF4Rh-. The van der Waals surface area contributed by atoms with E-state index in [9.17, 15) is 17.3 Å². The van der Waals surface area contributed by atoms with Gasteiger partial charge in [0.15, 0.2) is 0 Å². The molecule has 0 aliphatic heterocycles. The molecule has 0 nitrogen and oxygen atoms in total. The third kappa shape index (κ3) is 6.21. The fourth-order valence-corrected chi connectivity index (χ4v) is 2.62. The molecule has 1 radical (unpaired) electrons. The Morgan fingerprint density at radius 3 is 0.850 bits per heavy atom. The van der Waals surface area contributed by atoms with Crippen molar-refractivity contribution in [3.8, 4) is 0 Å². The van der Waals surface area contributed by atoms with Gasteiger partial charge in [-0.2, -0.15) is 0 Å². The smallest absolute Gasteiger partial charge is 0.418 e. The summed E-state index contributed by atoms with van der Waals surface area (Å²) in [7, 11) is -6.00. The van der Waals surface area contributed by atoms with E-state index in [1.54, 1.807) is 22.3 Å². The van der Waals surface area contributed by atoms with E-state index in [-0.39, 0.29) is 19.5 Å². The van der Waals surface area contributed by atoms with Crippen LogP contribution in [-0.2, 0) is 19.5 Å². The predicted molar refractivity (Wildman–Crippen MR) is 70.2 cm³/mol. The minimum Gasteiger partial charge on any atom is -0.418 e. The maximum Gasteiger partial charge on any atom is 0.673 e. The van der Waals surface area contributed by atoms with Crippen LogP contribution in [0.25, 0.3) is 0 Å². The fourth-order valence-electron chi connectivity index (χ4n) is 2.62.